The molecule has 1 aliphatic heterocycles. The number of amides is 1. The Morgan fingerprint density at radius 3 is 2.88 bits per heavy atom. The van der Waals surface area contributed by atoms with E-state index in [1.165, 1.54) is 37.8 Å². The number of carbonyl (C=O) groups excluding carboxylic acids is 1. The lowest BCUT2D eigenvalue weighted by atomic mass is 10.2. The molecule has 1 N–H and O–H groups in total. The van der Waals surface area contributed by atoms with Crippen molar-refractivity contribution in [2.24, 2.45) is 0 Å². The molecule has 1 amide bonds. The Bertz CT molecular complexity index is 634. The molecule has 5 nitrogen and oxygen atoms in total. The fourth-order valence-electron chi connectivity index (χ4n) is 2.89. The number of ether oxygens (including phenoxy) is 1. The number of nitrogens with one attached hydrogen (secondary N) is 1. The molecule has 2 heterocycles. The molecule has 0 radical (unpaired) electrons. The van der Waals surface area contributed by atoms with Crippen LogP contribution in [0.2, 0.25) is 0 Å². The summed E-state index contributed by atoms with van der Waals surface area (Å²) in [5, 5.41) is 2.81. The van der Waals surface area contributed by atoms with Crippen molar-refractivity contribution in [3.8, 4) is 5.75 Å². The Kier molecular flexibility index (Phi) is 5.90. The largest absolute Gasteiger partial charge is 0.494 e. The molecule has 0 aliphatic carbocycles. The summed E-state index contributed by atoms with van der Waals surface area (Å²) in [7, 11) is 0. The average molecular weight is 328 g/mol. The van der Waals surface area contributed by atoms with Crippen molar-refractivity contribution in [2.75, 3.05) is 26.2 Å². The molecule has 128 valence electrons. The predicted octanol–water partition coefficient (Wildman–Crippen LogP) is 3.07. The van der Waals surface area contributed by atoms with Gasteiger partial charge in [-0.1, -0.05) is 12.1 Å². The number of furan rings is 1. The van der Waals surface area contributed by atoms with Crippen molar-refractivity contribution < 1.29 is 13.9 Å². The zero-order valence-electron chi connectivity index (χ0n) is 13.9. The van der Waals surface area contributed by atoms with Gasteiger partial charge in [0.15, 0.2) is 5.76 Å². The average Bonchev–Trinajstić information content (AvgIpc) is 3.28. The number of rotatable bonds is 8. The maximum Gasteiger partial charge on any atom is 0.286 e. The van der Waals surface area contributed by atoms with Crippen molar-refractivity contribution in [1.29, 1.82) is 0 Å². The highest BCUT2D eigenvalue weighted by molar-refractivity contribution is 5.91. The Balaban J connectivity index is 1.36. The third kappa shape index (κ3) is 4.86. The van der Waals surface area contributed by atoms with Crippen LogP contribution < -0.4 is 10.1 Å². The number of carbonyl (C=O) groups is 1. The summed E-state index contributed by atoms with van der Waals surface area (Å²) in [6, 6.07) is 11.6. The SMILES string of the molecule is O=C(NCCCOc1cccc(CN2CCCC2)c1)c1ccco1. The molecule has 0 spiro atoms. The van der Waals surface area contributed by atoms with E-state index in [-0.39, 0.29) is 5.91 Å². The zero-order valence-corrected chi connectivity index (χ0v) is 13.9. The fourth-order valence-corrected chi connectivity index (χ4v) is 2.89. The molecule has 1 aromatic carbocycles. The molecule has 0 atom stereocenters. The van der Waals surface area contributed by atoms with Crippen LogP contribution in [-0.2, 0) is 6.54 Å². The fraction of sp³-hybridized carbons (Fsp3) is 0.421. The molecular formula is C19H24N2O3. The minimum atomic E-state index is -0.187. The van der Waals surface area contributed by atoms with Crippen molar-refractivity contribution >= 4 is 5.91 Å². The van der Waals surface area contributed by atoms with Gasteiger partial charge in [-0.05, 0) is 62.2 Å². The van der Waals surface area contributed by atoms with Crippen LogP contribution in [0.3, 0.4) is 0 Å². The number of hydrogen-bond donors (Lipinski definition) is 1. The summed E-state index contributed by atoms with van der Waals surface area (Å²) < 4.78 is 10.8. The highest BCUT2D eigenvalue weighted by atomic mass is 16.5. The molecule has 0 bridgehead atoms. The van der Waals surface area contributed by atoms with Crippen LogP contribution in [0.25, 0.3) is 0 Å². The van der Waals surface area contributed by atoms with Crippen molar-refractivity contribution in [1.82, 2.24) is 10.2 Å². The second-order valence-electron chi connectivity index (χ2n) is 6.07. The molecule has 0 saturated carbocycles. The topological polar surface area (TPSA) is 54.7 Å². The van der Waals surface area contributed by atoms with Crippen LogP contribution in [0.15, 0.2) is 47.1 Å². The molecule has 0 unspecified atom stereocenters. The highest BCUT2D eigenvalue weighted by Gasteiger charge is 2.12. The van der Waals surface area contributed by atoms with Gasteiger partial charge in [-0.2, -0.15) is 0 Å². The van der Waals surface area contributed by atoms with Crippen molar-refractivity contribution in [2.45, 2.75) is 25.8 Å². The lowest BCUT2D eigenvalue weighted by Crippen LogP contribution is -2.25. The molecule has 3 rings (SSSR count). The summed E-state index contributed by atoms with van der Waals surface area (Å²) in [6.45, 7) is 4.52. The molecule has 24 heavy (non-hydrogen) atoms. The van der Waals surface area contributed by atoms with Gasteiger partial charge in [0.25, 0.3) is 5.91 Å². The van der Waals surface area contributed by atoms with E-state index in [0.717, 1.165) is 18.7 Å². The van der Waals surface area contributed by atoms with E-state index in [1.807, 2.05) is 12.1 Å². The van der Waals surface area contributed by atoms with Crippen LogP contribution >= 0.6 is 0 Å². The van der Waals surface area contributed by atoms with E-state index >= 15 is 0 Å². The van der Waals surface area contributed by atoms with E-state index in [4.69, 9.17) is 9.15 Å². The molecule has 1 aliphatic rings. The third-order valence-corrected chi connectivity index (χ3v) is 4.12. The van der Waals surface area contributed by atoms with Gasteiger partial charge in [-0.25, -0.2) is 0 Å². The maximum atomic E-state index is 11.7. The summed E-state index contributed by atoms with van der Waals surface area (Å²) in [5.74, 6) is 1.04. The molecule has 1 aromatic heterocycles. The first kappa shape index (κ1) is 16.6. The predicted molar refractivity (Wildman–Crippen MR) is 92.1 cm³/mol. The van der Waals surface area contributed by atoms with E-state index in [9.17, 15) is 4.79 Å². The Morgan fingerprint density at radius 2 is 2.08 bits per heavy atom. The van der Waals surface area contributed by atoms with Gasteiger partial charge in [0.05, 0.1) is 12.9 Å². The lowest BCUT2D eigenvalue weighted by molar-refractivity contribution is 0.0924. The van der Waals surface area contributed by atoms with E-state index in [0.29, 0.717) is 18.9 Å². The molecule has 2 aromatic rings. The summed E-state index contributed by atoms with van der Waals surface area (Å²) in [4.78, 5) is 14.2. The van der Waals surface area contributed by atoms with Crippen LogP contribution in [0.5, 0.6) is 5.75 Å². The molecular weight excluding hydrogens is 304 g/mol. The zero-order chi connectivity index (χ0) is 16.6. The summed E-state index contributed by atoms with van der Waals surface area (Å²) in [6.07, 6.45) is 4.86. The van der Waals surface area contributed by atoms with Crippen LogP contribution in [0, 0.1) is 0 Å². The first-order valence-electron chi connectivity index (χ1n) is 8.57. The quantitative estimate of drug-likeness (QED) is 0.757. The smallest absolute Gasteiger partial charge is 0.286 e. The van der Waals surface area contributed by atoms with Crippen LogP contribution in [0.1, 0.15) is 35.4 Å². The summed E-state index contributed by atoms with van der Waals surface area (Å²) >= 11 is 0. The number of nitrogens with zero attached hydrogens (tertiary/aromatic N) is 1. The number of likely N-dealkylation sites (tertiary alicyclic amines) is 1. The Hall–Kier alpha value is -2.27. The van der Waals surface area contributed by atoms with Crippen LogP contribution in [-0.4, -0.2) is 37.0 Å². The first-order chi connectivity index (χ1) is 11.8. The Morgan fingerprint density at radius 1 is 1.21 bits per heavy atom. The minimum absolute atomic E-state index is 0.187. The molecule has 5 heteroatoms. The normalized spacial score (nSPS) is 14.7. The van der Waals surface area contributed by atoms with Gasteiger partial charge < -0.3 is 14.5 Å². The highest BCUT2D eigenvalue weighted by Crippen LogP contribution is 2.17. The number of hydrogen-bond acceptors (Lipinski definition) is 4. The van der Waals surface area contributed by atoms with Gasteiger partial charge >= 0.3 is 0 Å². The van der Waals surface area contributed by atoms with Gasteiger partial charge in [0.2, 0.25) is 0 Å². The van der Waals surface area contributed by atoms with E-state index in [2.05, 4.69) is 22.3 Å². The standard InChI is InChI=1S/C19H24N2O3/c22-19(18-8-4-12-24-18)20-9-5-13-23-17-7-3-6-16(14-17)15-21-10-1-2-11-21/h3-4,6-8,12,14H,1-2,5,9-11,13,15H2,(H,20,22). The molecule has 1 fully saturated rings. The van der Waals surface area contributed by atoms with Crippen LogP contribution in [0.4, 0.5) is 0 Å². The second-order valence-corrected chi connectivity index (χ2v) is 6.07. The van der Waals surface area contributed by atoms with Gasteiger partial charge in [0, 0.05) is 13.1 Å². The van der Waals surface area contributed by atoms with Crippen molar-refractivity contribution in [3.05, 3.63) is 54.0 Å². The number of benzene rings is 1. The maximum absolute atomic E-state index is 11.7. The molecule has 1 saturated heterocycles. The van der Waals surface area contributed by atoms with E-state index < -0.39 is 0 Å². The van der Waals surface area contributed by atoms with Gasteiger partial charge in [0.1, 0.15) is 5.75 Å². The van der Waals surface area contributed by atoms with E-state index in [1.54, 1.807) is 12.1 Å². The summed E-state index contributed by atoms with van der Waals surface area (Å²) in [5.41, 5.74) is 1.29. The Labute approximate surface area is 142 Å². The lowest BCUT2D eigenvalue weighted by Gasteiger charge is -2.15. The van der Waals surface area contributed by atoms with Crippen molar-refractivity contribution in [3.63, 3.8) is 0 Å². The monoisotopic (exact) mass is 328 g/mol. The minimum Gasteiger partial charge on any atom is -0.494 e. The van der Waals surface area contributed by atoms with Gasteiger partial charge in [-0.15, -0.1) is 0 Å². The third-order valence-electron chi connectivity index (χ3n) is 4.12. The van der Waals surface area contributed by atoms with Gasteiger partial charge in [-0.3, -0.25) is 9.69 Å². The second kappa shape index (κ2) is 8.55. The first-order valence-corrected chi connectivity index (χ1v) is 8.57.